The molecular formula is C11H16N4O3S2. The molecule has 0 aromatic carbocycles. The summed E-state index contributed by atoms with van der Waals surface area (Å²) in [5.41, 5.74) is 5.38. The SMILES string of the molecule is CC(C)Cc1nnc(NS(=O)(=O)c2ccc(CN)o2)s1. The number of rotatable bonds is 6. The molecular weight excluding hydrogens is 300 g/mol. The first-order valence-corrected chi connectivity index (χ1v) is 8.34. The van der Waals surface area contributed by atoms with Crippen molar-refractivity contribution in [2.45, 2.75) is 31.9 Å². The van der Waals surface area contributed by atoms with Crippen molar-refractivity contribution in [1.82, 2.24) is 10.2 Å². The Morgan fingerprint density at radius 3 is 2.75 bits per heavy atom. The molecule has 110 valence electrons. The summed E-state index contributed by atoms with van der Waals surface area (Å²) in [5, 5.41) is 8.60. The Hall–Kier alpha value is -1.45. The highest BCUT2D eigenvalue weighted by molar-refractivity contribution is 7.92. The van der Waals surface area contributed by atoms with Gasteiger partial charge in [0.05, 0.1) is 6.54 Å². The minimum Gasteiger partial charge on any atom is -0.446 e. The van der Waals surface area contributed by atoms with Crippen LogP contribution in [0, 0.1) is 5.92 Å². The van der Waals surface area contributed by atoms with Gasteiger partial charge in [-0.25, -0.2) is 0 Å². The van der Waals surface area contributed by atoms with E-state index in [0.717, 1.165) is 11.4 Å². The van der Waals surface area contributed by atoms with Crippen molar-refractivity contribution < 1.29 is 12.8 Å². The molecule has 2 rings (SSSR count). The monoisotopic (exact) mass is 316 g/mol. The zero-order valence-corrected chi connectivity index (χ0v) is 12.8. The van der Waals surface area contributed by atoms with Gasteiger partial charge in [0.15, 0.2) is 0 Å². The fourth-order valence-corrected chi connectivity index (χ4v) is 3.64. The molecule has 2 aromatic heterocycles. The van der Waals surface area contributed by atoms with E-state index in [1.165, 1.54) is 23.5 Å². The molecule has 3 N–H and O–H groups in total. The molecule has 0 amide bonds. The fraction of sp³-hybridized carbons (Fsp3) is 0.455. The van der Waals surface area contributed by atoms with Gasteiger partial charge in [0.1, 0.15) is 10.8 Å². The van der Waals surface area contributed by atoms with E-state index in [0.29, 0.717) is 11.7 Å². The highest BCUT2D eigenvalue weighted by atomic mass is 32.2. The van der Waals surface area contributed by atoms with Crippen LogP contribution in [-0.2, 0) is 23.0 Å². The van der Waals surface area contributed by atoms with Crippen LogP contribution in [0.4, 0.5) is 5.13 Å². The number of sulfonamides is 1. The van der Waals surface area contributed by atoms with Crippen LogP contribution < -0.4 is 10.5 Å². The lowest BCUT2D eigenvalue weighted by molar-refractivity contribution is 0.417. The molecule has 7 nitrogen and oxygen atoms in total. The van der Waals surface area contributed by atoms with Crippen LogP contribution in [0.5, 0.6) is 0 Å². The van der Waals surface area contributed by atoms with Gasteiger partial charge in [0, 0.05) is 6.42 Å². The van der Waals surface area contributed by atoms with Gasteiger partial charge in [0.25, 0.3) is 10.0 Å². The minimum absolute atomic E-state index is 0.146. The van der Waals surface area contributed by atoms with Crippen LogP contribution in [0.1, 0.15) is 24.6 Å². The van der Waals surface area contributed by atoms with E-state index in [4.69, 9.17) is 10.2 Å². The second-order valence-electron chi connectivity index (χ2n) is 4.63. The van der Waals surface area contributed by atoms with Crippen LogP contribution >= 0.6 is 11.3 Å². The van der Waals surface area contributed by atoms with Crippen molar-refractivity contribution in [3.8, 4) is 0 Å². The lowest BCUT2D eigenvalue weighted by Gasteiger charge is -2.00. The quantitative estimate of drug-likeness (QED) is 0.837. The van der Waals surface area contributed by atoms with E-state index in [-0.39, 0.29) is 16.8 Å². The summed E-state index contributed by atoms with van der Waals surface area (Å²) >= 11 is 1.22. The molecule has 20 heavy (non-hydrogen) atoms. The minimum atomic E-state index is -3.78. The third kappa shape index (κ3) is 3.56. The number of furan rings is 1. The zero-order chi connectivity index (χ0) is 14.8. The van der Waals surface area contributed by atoms with Gasteiger partial charge in [-0.05, 0) is 18.1 Å². The van der Waals surface area contributed by atoms with Crippen molar-refractivity contribution in [3.63, 3.8) is 0 Å². The van der Waals surface area contributed by atoms with Gasteiger partial charge >= 0.3 is 0 Å². The van der Waals surface area contributed by atoms with Gasteiger partial charge < -0.3 is 10.2 Å². The summed E-state index contributed by atoms with van der Waals surface area (Å²) in [4.78, 5) is 0. The van der Waals surface area contributed by atoms with E-state index in [9.17, 15) is 8.42 Å². The molecule has 2 heterocycles. The average molecular weight is 316 g/mol. The van der Waals surface area contributed by atoms with Crippen LogP contribution in [0.2, 0.25) is 0 Å². The lowest BCUT2D eigenvalue weighted by Crippen LogP contribution is -2.12. The number of nitrogens with one attached hydrogen (secondary N) is 1. The van der Waals surface area contributed by atoms with Crippen LogP contribution in [0.3, 0.4) is 0 Å². The molecule has 0 spiro atoms. The Labute approximate surface area is 121 Å². The summed E-state index contributed by atoms with van der Waals surface area (Å²) in [5.74, 6) is 0.840. The second-order valence-corrected chi connectivity index (χ2v) is 7.30. The van der Waals surface area contributed by atoms with Crippen LogP contribution in [-0.4, -0.2) is 18.6 Å². The molecule has 9 heteroatoms. The maximum atomic E-state index is 12.1. The topological polar surface area (TPSA) is 111 Å². The summed E-state index contributed by atoms with van der Waals surface area (Å²) < 4.78 is 31.6. The standard InChI is InChI=1S/C11H16N4O3S2/c1-7(2)5-9-13-14-11(19-9)15-20(16,17)10-4-3-8(6-12)18-10/h3-4,7H,5-6,12H2,1-2H3,(H,14,15). The molecule has 0 atom stereocenters. The number of hydrogen-bond acceptors (Lipinski definition) is 7. The maximum absolute atomic E-state index is 12.1. The van der Waals surface area contributed by atoms with E-state index >= 15 is 0 Å². The molecule has 0 fully saturated rings. The molecule has 0 aliphatic heterocycles. The molecule has 0 aliphatic carbocycles. The Kier molecular flexibility index (Phi) is 4.41. The number of aromatic nitrogens is 2. The van der Waals surface area contributed by atoms with Gasteiger partial charge in [0.2, 0.25) is 10.2 Å². The Balaban J connectivity index is 2.13. The number of hydrogen-bond donors (Lipinski definition) is 2. The Morgan fingerprint density at radius 2 is 2.15 bits per heavy atom. The molecule has 0 saturated carbocycles. The summed E-state index contributed by atoms with van der Waals surface area (Å²) in [6.45, 7) is 4.26. The number of nitrogens with two attached hydrogens (primary N) is 1. The first-order valence-electron chi connectivity index (χ1n) is 6.04. The molecule has 0 bridgehead atoms. The molecule has 0 aliphatic rings. The average Bonchev–Trinajstić information content (AvgIpc) is 2.97. The van der Waals surface area contributed by atoms with Crippen molar-refractivity contribution in [2.24, 2.45) is 11.7 Å². The van der Waals surface area contributed by atoms with Crippen molar-refractivity contribution >= 4 is 26.5 Å². The fourth-order valence-electron chi connectivity index (χ4n) is 1.50. The van der Waals surface area contributed by atoms with Gasteiger partial charge in [-0.2, -0.15) is 8.42 Å². The first-order chi connectivity index (χ1) is 9.40. The first kappa shape index (κ1) is 14.9. The smallest absolute Gasteiger partial charge is 0.297 e. The van der Waals surface area contributed by atoms with E-state index in [2.05, 4.69) is 28.8 Å². The highest BCUT2D eigenvalue weighted by Gasteiger charge is 2.20. The predicted molar refractivity (Wildman–Crippen MR) is 75.9 cm³/mol. The Bertz CT molecular complexity index is 675. The van der Waals surface area contributed by atoms with E-state index in [1.54, 1.807) is 0 Å². The number of nitrogens with zero attached hydrogens (tertiary/aromatic N) is 2. The van der Waals surface area contributed by atoms with Gasteiger partial charge in [-0.15, -0.1) is 10.2 Å². The predicted octanol–water partition coefficient (Wildman–Crippen LogP) is 1.59. The molecule has 0 saturated heterocycles. The Morgan fingerprint density at radius 1 is 1.40 bits per heavy atom. The largest absolute Gasteiger partial charge is 0.446 e. The summed E-state index contributed by atoms with van der Waals surface area (Å²) in [6.07, 6.45) is 0.761. The third-order valence-corrected chi connectivity index (χ3v) is 4.58. The van der Waals surface area contributed by atoms with Gasteiger partial charge in [-0.3, -0.25) is 4.72 Å². The van der Waals surface area contributed by atoms with E-state index < -0.39 is 10.0 Å². The van der Waals surface area contributed by atoms with Crippen LogP contribution in [0.25, 0.3) is 0 Å². The lowest BCUT2D eigenvalue weighted by atomic mass is 10.1. The molecule has 2 aromatic rings. The molecule has 0 radical (unpaired) electrons. The van der Waals surface area contributed by atoms with Crippen molar-refractivity contribution in [2.75, 3.05) is 4.72 Å². The van der Waals surface area contributed by atoms with Crippen LogP contribution in [0.15, 0.2) is 21.6 Å². The maximum Gasteiger partial charge on any atom is 0.297 e. The second kappa shape index (κ2) is 5.90. The summed E-state index contributed by atoms with van der Waals surface area (Å²) in [6, 6.07) is 2.89. The highest BCUT2D eigenvalue weighted by Crippen LogP contribution is 2.22. The van der Waals surface area contributed by atoms with Crippen molar-refractivity contribution in [3.05, 3.63) is 22.9 Å². The van der Waals surface area contributed by atoms with Gasteiger partial charge in [-0.1, -0.05) is 25.2 Å². The summed E-state index contributed by atoms with van der Waals surface area (Å²) in [7, 11) is -3.78. The normalized spacial score (nSPS) is 12.0. The third-order valence-electron chi connectivity index (χ3n) is 2.37. The number of anilines is 1. The molecule has 0 unspecified atom stereocenters. The van der Waals surface area contributed by atoms with E-state index in [1.807, 2.05) is 0 Å². The zero-order valence-electron chi connectivity index (χ0n) is 11.2. The van der Waals surface area contributed by atoms with Crippen molar-refractivity contribution in [1.29, 1.82) is 0 Å².